The van der Waals surface area contributed by atoms with E-state index in [4.69, 9.17) is 16.3 Å². The van der Waals surface area contributed by atoms with E-state index in [0.29, 0.717) is 10.8 Å². The molecule has 0 aromatic heterocycles. The first-order valence-corrected chi connectivity index (χ1v) is 8.85. The summed E-state index contributed by atoms with van der Waals surface area (Å²) in [6.07, 6.45) is 4.45. The van der Waals surface area contributed by atoms with E-state index in [1.165, 1.54) is 30.0 Å². The number of hydrogen-bond donors (Lipinski definition) is 1. The van der Waals surface area contributed by atoms with Gasteiger partial charge in [0.05, 0.1) is 16.7 Å². The molecule has 2 aromatic rings. The van der Waals surface area contributed by atoms with E-state index in [9.17, 15) is 14.9 Å². The molecule has 1 amide bonds. The van der Waals surface area contributed by atoms with Crippen LogP contribution in [0.3, 0.4) is 0 Å². The highest BCUT2D eigenvalue weighted by atomic mass is 35.5. The van der Waals surface area contributed by atoms with E-state index in [-0.39, 0.29) is 17.9 Å². The Balaban J connectivity index is 1.85. The molecular formula is C19H20ClN3O4. The average molecular weight is 390 g/mol. The number of hydrogen-bond acceptors (Lipinski definition) is 5. The molecule has 0 aliphatic carbocycles. The van der Waals surface area contributed by atoms with Crippen LogP contribution in [0.5, 0.6) is 5.75 Å². The van der Waals surface area contributed by atoms with Crippen LogP contribution in [0.15, 0.2) is 47.6 Å². The number of aryl methyl sites for hydroxylation is 1. The Bertz CT molecular complexity index is 822. The SMILES string of the molecule is CCCCc1ccc(OCC(=O)N/N=C/c2cc(Cl)ccc2[N+](=O)[O-])cc1. The molecule has 0 saturated carbocycles. The van der Waals surface area contributed by atoms with Gasteiger partial charge in [0, 0.05) is 11.1 Å². The van der Waals surface area contributed by atoms with Crippen molar-refractivity contribution in [3.05, 3.63) is 68.7 Å². The number of rotatable bonds is 9. The van der Waals surface area contributed by atoms with Gasteiger partial charge in [0.2, 0.25) is 0 Å². The van der Waals surface area contributed by atoms with Gasteiger partial charge in [-0.25, -0.2) is 5.43 Å². The Hall–Kier alpha value is -2.93. The molecule has 0 unspecified atom stereocenters. The number of ether oxygens (including phenoxy) is 1. The van der Waals surface area contributed by atoms with Gasteiger partial charge in [-0.1, -0.05) is 37.1 Å². The van der Waals surface area contributed by atoms with Gasteiger partial charge in [0.15, 0.2) is 6.61 Å². The molecule has 0 fully saturated rings. The molecule has 0 radical (unpaired) electrons. The van der Waals surface area contributed by atoms with Crippen molar-refractivity contribution < 1.29 is 14.5 Å². The fraction of sp³-hybridized carbons (Fsp3) is 0.263. The summed E-state index contributed by atoms with van der Waals surface area (Å²) in [5, 5.41) is 15.0. The van der Waals surface area contributed by atoms with Crippen LogP contribution in [0.4, 0.5) is 5.69 Å². The Morgan fingerprint density at radius 3 is 2.70 bits per heavy atom. The maximum absolute atomic E-state index is 11.8. The number of unbranched alkanes of at least 4 members (excludes halogenated alkanes) is 1. The van der Waals surface area contributed by atoms with Gasteiger partial charge in [-0.2, -0.15) is 5.10 Å². The fourth-order valence-electron chi connectivity index (χ4n) is 2.28. The number of nitro groups is 1. The second-order valence-electron chi connectivity index (χ2n) is 5.79. The number of nitrogens with one attached hydrogen (secondary N) is 1. The van der Waals surface area contributed by atoms with E-state index in [0.717, 1.165) is 19.3 Å². The zero-order valence-electron chi connectivity index (χ0n) is 14.9. The van der Waals surface area contributed by atoms with Crippen molar-refractivity contribution in [3.8, 4) is 5.75 Å². The minimum absolute atomic E-state index is 0.156. The molecule has 0 spiro atoms. The Labute approximate surface area is 162 Å². The average Bonchev–Trinajstić information content (AvgIpc) is 2.65. The molecule has 0 aliphatic rings. The molecule has 2 rings (SSSR count). The van der Waals surface area contributed by atoms with Gasteiger partial charge in [0.25, 0.3) is 11.6 Å². The van der Waals surface area contributed by atoms with Gasteiger partial charge in [0.1, 0.15) is 5.75 Å². The lowest BCUT2D eigenvalue weighted by Gasteiger charge is -2.06. The van der Waals surface area contributed by atoms with Crippen molar-refractivity contribution in [2.75, 3.05) is 6.61 Å². The molecule has 27 heavy (non-hydrogen) atoms. The zero-order chi connectivity index (χ0) is 19.6. The summed E-state index contributed by atoms with van der Waals surface area (Å²) in [7, 11) is 0. The lowest BCUT2D eigenvalue weighted by atomic mass is 10.1. The second-order valence-corrected chi connectivity index (χ2v) is 6.23. The van der Waals surface area contributed by atoms with Crippen molar-refractivity contribution in [3.63, 3.8) is 0 Å². The van der Waals surface area contributed by atoms with Crippen LogP contribution in [0.2, 0.25) is 5.02 Å². The Morgan fingerprint density at radius 1 is 1.30 bits per heavy atom. The van der Waals surface area contributed by atoms with Crippen LogP contribution in [-0.2, 0) is 11.2 Å². The van der Waals surface area contributed by atoms with Crippen molar-refractivity contribution in [2.24, 2.45) is 5.10 Å². The number of hydrazone groups is 1. The van der Waals surface area contributed by atoms with Crippen LogP contribution in [0.1, 0.15) is 30.9 Å². The Kier molecular flexibility index (Phi) is 7.76. The van der Waals surface area contributed by atoms with Gasteiger partial charge in [-0.3, -0.25) is 14.9 Å². The molecule has 1 N–H and O–H groups in total. The molecule has 2 aromatic carbocycles. The third-order valence-electron chi connectivity index (χ3n) is 3.69. The first-order valence-electron chi connectivity index (χ1n) is 8.47. The number of carbonyl (C=O) groups is 1. The predicted molar refractivity (Wildman–Crippen MR) is 104 cm³/mol. The van der Waals surface area contributed by atoms with E-state index >= 15 is 0 Å². The van der Waals surface area contributed by atoms with E-state index in [1.54, 1.807) is 0 Å². The van der Waals surface area contributed by atoms with Crippen molar-refractivity contribution >= 4 is 29.4 Å². The van der Waals surface area contributed by atoms with Crippen LogP contribution in [-0.4, -0.2) is 23.7 Å². The number of carbonyl (C=O) groups excluding carboxylic acids is 1. The quantitative estimate of drug-likeness (QED) is 0.396. The first kappa shape index (κ1) is 20.4. The normalized spacial score (nSPS) is 10.7. The summed E-state index contributed by atoms with van der Waals surface area (Å²) in [6, 6.07) is 11.7. The number of amides is 1. The maximum atomic E-state index is 11.8. The van der Waals surface area contributed by atoms with Crippen LogP contribution in [0.25, 0.3) is 0 Å². The zero-order valence-corrected chi connectivity index (χ0v) is 15.6. The van der Waals surface area contributed by atoms with E-state index in [2.05, 4.69) is 17.5 Å². The van der Waals surface area contributed by atoms with Crippen molar-refractivity contribution in [1.29, 1.82) is 0 Å². The summed E-state index contributed by atoms with van der Waals surface area (Å²) >= 11 is 5.83. The summed E-state index contributed by atoms with van der Waals surface area (Å²) in [4.78, 5) is 22.2. The monoisotopic (exact) mass is 389 g/mol. The van der Waals surface area contributed by atoms with Crippen LogP contribution in [0, 0.1) is 10.1 Å². The minimum atomic E-state index is -0.549. The molecule has 142 valence electrons. The third kappa shape index (κ3) is 6.71. The van der Waals surface area contributed by atoms with Crippen LogP contribution < -0.4 is 10.2 Å². The highest BCUT2D eigenvalue weighted by molar-refractivity contribution is 6.31. The predicted octanol–water partition coefficient (Wildman–Crippen LogP) is 4.12. The van der Waals surface area contributed by atoms with Gasteiger partial charge in [-0.15, -0.1) is 0 Å². The van der Waals surface area contributed by atoms with Crippen molar-refractivity contribution in [1.82, 2.24) is 5.43 Å². The number of nitrogens with zero attached hydrogens (tertiary/aromatic N) is 2. The summed E-state index contributed by atoms with van der Waals surface area (Å²) < 4.78 is 5.40. The first-order chi connectivity index (χ1) is 13.0. The number of benzene rings is 2. The summed E-state index contributed by atoms with van der Waals surface area (Å²) in [5.41, 5.74) is 3.52. The molecule has 8 heteroatoms. The maximum Gasteiger partial charge on any atom is 0.278 e. The third-order valence-corrected chi connectivity index (χ3v) is 3.93. The minimum Gasteiger partial charge on any atom is -0.484 e. The van der Waals surface area contributed by atoms with Crippen LogP contribution >= 0.6 is 11.6 Å². The van der Waals surface area contributed by atoms with E-state index < -0.39 is 10.8 Å². The molecule has 0 atom stereocenters. The molecular weight excluding hydrogens is 370 g/mol. The van der Waals surface area contributed by atoms with Gasteiger partial charge < -0.3 is 4.74 Å². The Morgan fingerprint density at radius 2 is 2.04 bits per heavy atom. The fourth-order valence-corrected chi connectivity index (χ4v) is 2.46. The topological polar surface area (TPSA) is 93.8 Å². The molecule has 0 saturated heterocycles. The highest BCUT2D eigenvalue weighted by Gasteiger charge is 2.12. The van der Waals surface area contributed by atoms with E-state index in [1.807, 2.05) is 24.3 Å². The smallest absolute Gasteiger partial charge is 0.278 e. The largest absolute Gasteiger partial charge is 0.484 e. The molecule has 7 nitrogen and oxygen atoms in total. The highest BCUT2D eigenvalue weighted by Crippen LogP contribution is 2.21. The van der Waals surface area contributed by atoms with Crippen molar-refractivity contribution in [2.45, 2.75) is 26.2 Å². The van der Waals surface area contributed by atoms with Gasteiger partial charge >= 0.3 is 0 Å². The lowest BCUT2D eigenvalue weighted by Crippen LogP contribution is -2.24. The summed E-state index contributed by atoms with van der Waals surface area (Å²) in [5.74, 6) is 0.103. The standard InChI is InChI=1S/C19H20ClN3O4/c1-2-3-4-14-5-8-17(9-6-14)27-13-19(24)22-21-12-15-11-16(20)7-10-18(15)23(25)26/h5-12H,2-4,13H2,1H3,(H,22,24)/b21-12+. The summed E-state index contributed by atoms with van der Waals surface area (Å²) in [6.45, 7) is 1.92. The number of halogens is 1. The molecule has 0 heterocycles. The van der Waals surface area contributed by atoms with Gasteiger partial charge in [-0.05, 0) is 42.7 Å². The molecule has 0 bridgehead atoms. The second kappa shape index (κ2) is 10.3. The lowest BCUT2D eigenvalue weighted by molar-refractivity contribution is -0.385. The molecule has 0 aliphatic heterocycles. The number of nitro benzene ring substituents is 1.